The lowest BCUT2D eigenvalue weighted by Gasteiger charge is -2.34. The van der Waals surface area contributed by atoms with Crippen LogP contribution in [0.15, 0.2) is 17.5 Å². The monoisotopic (exact) mass is 266 g/mol. The van der Waals surface area contributed by atoms with Gasteiger partial charge >= 0.3 is 0 Å². The Labute approximate surface area is 113 Å². The van der Waals surface area contributed by atoms with Gasteiger partial charge in [-0.25, -0.2) is 0 Å². The maximum Gasteiger partial charge on any atom is 0.153 e. The number of piperazine rings is 1. The van der Waals surface area contributed by atoms with Gasteiger partial charge in [0, 0.05) is 46.0 Å². The molecule has 2 heterocycles. The Balaban J connectivity index is 1.69. The topological polar surface area (TPSA) is 82.9 Å². The highest BCUT2D eigenvalue weighted by Gasteiger charge is 2.17. The van der Waals surface area contributed by atoms with E-state index in [0.29, 0.717) is 6.54 Å². The number of nitrogens with two attached hydrogens (primary N) is 1. The van der Waals surface area contributed by atoms with Crippen LogP contribution >= 0.6 is 0 Å². The minimum atomic E-state index is 0.281. The zero-order valence-corrected chi connectivity index (χ0v) is 11.4. The van der Waals surface area contributed by atoms with Gasteiger partial charge in [-0.3, -0.25) is 9.58 Å². The summed E-state index contributed by atoms with van der Waals surface area (Å²) in [5.41, 5.74) is 6.79. The molecule has 0 atom stereocenters. The first-order valence-corrected chi connectivity index (χ1v) is 6.56. The minimum Gasteiger partial charge on any atom is -0.409 e. The molecule has 0 radical (unpaired) electrons. The van der Waals surface area contributed by atoms with E-state index in [1.165, 1.54) is 5.56 Å². The summed E-state index contributed by atoms with van der Waals surface area (Å²) < 4.78 is 1.84. The van der Waals surface area contributed by atoms with Crippen molar-refractivity contribution in [3.05, 3.63) is 18.0 Å². The van der Waals surface area contributed by atoms with E-state index in [1.54, 1.807) is 0 Å². The number of amidine groups is 1. The number of hydrogen-bond donors (Lipinski definition) is 2. The quantitative estimate of drug-likeness (QED) is 0.319. The first-order chi connectivity index (χ1) is 9.17. The summed E-state index contributed by atoms with van der Waals surface area (Å²) in [6, 6.07) is 0. The van der Waals surface area contributed by atoms with Crippen LogP contribution < -0.4 is 5.73 Å². The number of hydrogen-bond acceptors (Lipinski definition) is 5. The van der Waals surface area contributed by atoms with Crippen molar-refractivity contribution in [1.29, 1.82) is 0 Å². The first-order valence-electron chi connectivity index (χ1n) is 6.56. The van der Waals surface area contributed by atoms with Crippen LogP contribution in [0.5, 0.6) is 0 Å². The van der Waals surface area contributed by atoms with Crippen molar-refractivity contribution in [3.8, 4) is 0 Å². The fourth-order valence-electron chi connectivity index (χ4n) is 2.32. The van der Waals surface area contributed by atoms with E-state index < -0.39 is 0 Å². The molecule has 1 aliphatic rings. The van der Waals surface area contributed by atoms with Gasteiger partial charge in [0.2, 0.25) is 0 Å². The molecular formula is C12H22N6O. The summed E-state index contributed by atoms with van der Waals surface area (Å²) in [5, 5.41) is 15.7. The van der Waals surface area contributed by atoms with Gasteiger partial charge in [-0.05, 0) is 12.0 Å². The van der Waals surface area contributed by atoms with Crippen molar-refractivity contribution in [2.45, 2.75) is 6.42 Å². The van der Waals surface area contributed by atoms with Gasteiger partial charge in [0.1, 0.15) is 0 Å². The Morgan fingerprint density at radius 2 is 2.05 bits per heavy atom. The molecule has 2 rings (SSSR count). The standard InChI is InChI=1S/C12H22N6O/c1-16-9-11(8-14-16)2-3-17-4-6-18(7-5-17)10-12(13)15-19/h8-9,19H,2-7,10H2,1H3,(H2,13,15). The second-order valence-corrected chi connectivity index (χ2v) is 4.98. The summed E-state index contributed by atoms with van der Waals surface area (Å²) in [6.45, 7) is 5.58. The zero-order chi connectivity index (χ0) is 13.7. The molecule has 1 fully saturated rings. The van der Waals surface area contributed by atoms with Crippen molar-refractivity contribution < 1.29 is 5.21 Å². The average Bonchev–Trinajstić information content (AvgIpc) is 2.83. The molecule has 0 aromatic carbocycles. The predicted octanol–water partition coefficient (Wildman–Crippen LogP) is -0.673. The van der Waals surface area contributed by atoms with Crippen LogP contribution in [-0.2, 0) is 13.5 Å². The highest BCUT2D eigenvalue weighted by Crippen LogP contribution is 2.04. The summed E-state index contributed by atoms with van der Waals surface area (Å²) in [6.07, 6.45) is 5.03. The molecule has 0 saturated carbocycles. The van der Waals surface area contributed by atoms with E-state index in [-0.39, 0.29) is 5.84 Å². The third kappa shape index (κ3) is 4.22. The summed E-state index contributed by atoms with van der Waals surface area (Å²) in [4.78, 5) is 4.64. The van der Waals surface area contributed by atoms with E-state index in [2.05, 4.69) is 26.3 Å². The molecule has 3 N–H and O–H groups in total. The molecule has 0 spiro atoms. The molecule has 1 aromatic rings. The van der Waals surface area contributed by atoms with Crippen LogP contribution in [0.3, 0.4) is 0 Å². The van der Waals surface area contributed by atoms with Crippen molar-refractivity contribution in [2.75, 3.05) is 39.3 Å². The minimum absolute atomic E-state index is 0.281. The van der Waals surface area contributed by atoms with Crippen molar-refractivity contribution in [1.82, 2.24) is 19.6 Å². The smallest absolute Gasteiger partial charge is 0.153 e. The van der Waals surface area contributed by atoms with Gasteiger partial charge in [0.05, 0.1) is 12.7 Å². The lowest BCUT2D eigenvalue weighted by molar-refractivity contribution is 0.146. The van der Waals surface area contributed by atoms with Gasteiger partial charge in [0.15, 0.2) is 5.84 Å². The third-order valence-electron chi connectivity index (χ3n) is 3.45. The van der Waals surface area contributed by atoms with Gasteiger partial charge in [-0.1, -0.05) is 5.16 Å². The summed E-state index contributed by atoms with van der Waals surface area (Å²) in [7, 11) is 1.94. The lowest BCUT2D eigenvalue weighted by Crippen LogP contribution is -2.49. The molecule has 19 heavy (non-hydrogen) atoms. The van der Waals surface area contributed by atoms with Gasteiger partial charge in [-0.2, -0.15) is 5.10 Å². The largest absolute Gasteiger partial charge is 0.409 e. The zero-order valence-electron chi connectivity index (χ0n) is 11.4. The van der Waals surface area contributed by atoms with E-state index >= 15 is 0 Å². The first kappa shape index (κ1) is 13.8. The van der Waals surface area contributed by atoms with Gasteiger partial charge < -0.3 is 15.8 Å². The maximum atomic E-state index is 8.55. The normalized spacial score (nSPS) is 18.9. The molecule has 106 valence electrons. The van der Waals surface area contributed by atoms with Crippen LogP contribution in [0.4, 0.5) is 0 Å². The molecule has 1 saturated heterocycles. The second kappa shape index (κ2) is 6.53. The SMILES string of the molecule is Cn1cc(CCN2CCN(C/C(N)=N/O)CC2)cn1. The fourth-order valence-corrected chi connectivity index (χ4v) is 2.32. The predicted molar refractivity (Wildman–Crippen MR) is 73.2 cm³/mol. The Kier molecular flexibility index (Phi) is 4.75. The van der Waals surface area contributed by atoms with Crippen LogP contribution in [0.25, 0.3) is 0 Å². The Morgan fingerprint density at radius 1 is 1.37 bits per heavy atom. The van der Waals surface area contributed by atoms with Crippen molar-refractivity contribution >= 4 is 5.84 Å². The lowest BCUT2D eigenvalue weighted by atomic mass is 10.2. The summed E-state index contributed by atoms with van der Waals surface area (Å²) >= 11 is 0. The van der Waals surface area contributed by atoms with Crippen LogP contribution in [-0.4, -0.2) is 69.9 Å². The molecule has 0 aliphatic carbocycles. The Morgan fingerprint density at radius 3 is 2.63 bits per heavy atom. The Bertz CT molecular complexity index is 422. The van der Waals surface area contributed by atoms with E-state index in [0.717, 1.165) is 39.1 Å². The third-order valence-corrected chi connectivity index (χ3v) is 3.45. The van der Waals surface area contributed by atoms with Gasteiger partial charge in [-0.15, -0.1) is 0 Å². The number of aromatic nitrogens is 2. The molecular weight excluding hydrogens is 244 g/mol. The Hall–Kier alpha value is -1.60. The number of oxime groups is 1. The fraction of sp³-hybridized carbons (Fsp3) is 0.667. The highest BCUT2D eigenvalue weighted by molar-refractivity contribution is 5.81. The molecule has 0 bridgehead atoms. The molecule has 7 heteroatoms. The number of nitrogens with zero attached hydrogens (tertiary/aromatic N) is 5. The van der Waals surface area contributed by atoms with E-state index in [9.17, 15) is 0 Å². The molecule has 0 amide bonds. The second-order valence-electron chi connectivity index (χ2n) is 4.98. The summed E-state index contributed by atoms with van der Waals surface area (Å²) in [5.74, 6) is 0.281. The average molecular weight is 266 g/mol. The maximum absolute atomic E-state index is 8.55. The molecule has 1 aliphatic heterocycles. The molecule has 0 unspecified atom stereocenters. The van der Waals surface area contributed by atoms with E-state index in [1.807, 2.05) is 17.9 Å². The molecule has 1 aromatic heterocycles. The number of aryl methyl sites for hydroxylation is 1. The van der Waals surface area contributed by atoms with Gasteiger partial charge in [0.25, 0.3) is 0 Å². The highest BCUT2D eigenvalue weighted by atomic mass is 16.4. The van der Waals surface area contributed by atoms with Crippen LogP contribution in [0.1, 0.15) is 5.56 Å². The van der Waals surface area contributed by atoms with Crippen molar-refractivity contribution in [3.63, 3.8) is 0 Å². The van der Waals surface area contributed by atoms with E-state index in [4.69, 9.17) is 10.9 Å². The van der Waals surface area contributed by atoms with Crippen LogP contribution in [0.2, 0.25) is 0 Å². The molecule has 7 nitrogen and oxygen atoms in total. The van der Waals surface area contributed by atoms with Crippen molar-refractivity contribution in [2.24, 2.45) is 17.9 Å². The van der Waals surface area contributed by atoms with Crippen LogP contribution in [0, 0.1) is 0 Å². The number of rotatable bonds is 5.